The van der Waals surface area contributed by atoms with Crippen LogP contribution in [0.5, 0.6) is 23.0 Å². The van der Waals surface area contributed by atoms with Gasteiger partial charge in [0.05, 0.1) is 30.1 Å². The Hall–Kier alpha value is -3.03. The second kappa shape index (κ2) is 13.7. The van der Waals surface area contributed by atoms with Crippen LogP contribution in [0.2, 0.25) is 5.02 Å². The van der Waals surface area contributed by atoms with E-state index in [1.54, 1.807) is 24.3 Å². The van der Waals surface area contributed by atoms with Crippen molar-refractivity contribution in [3.8, 4) is 23.0 Å². The molecule has 0 unspecified atom stereocenters. The van der Waals surface area contributed by atoms with Crippen LogP contribution in [0, 0.1) is 3.57 Å². The number of ether oxygens (including phenoxy) is 3. The first kappa shape index (κ1) is 29.5. The summed E-state index contributed by atoms with van der Waals surface area (Å²) in [6.45, 7) is 4.81. The predicted molar refractivity (Wildman–Crippen MR) is 153 cm³/mol. The van der Waals surface area contributed by atoms with Crippen molar-refractivity contribution in [2.45, 2.75) is 25.2 Å². The highest BCUT2D eigenvalue weighted by molar-refractivity contribution is 14.1. The Bertz CT molecular complexity index is 1410. The van der Waals surface area contributed by atoms with Crippen LogP contribution >= 0.6 is 34.2 Å². The van der Waals surface area contributed by atoms with Crippen LogP contribution in [0.25, 0.3) is 0 Å². The molecule has 0 aliphatic rings. The number of hydrazone groups is 1. The van der Waals surface area contributed by atoms with E-state index in [0.717, 1.165) is 6.42 Å². The van der Waals surface area contributed by atoms with Gasteiger partial charge in [-0.15, -0.1) is 0 Å². The molecule has 0 aliphatic carbocycles. The van der Waals surface area contributed by atoms with Crippen molar-refractivity contribution >= 4 is 56.4 Å². The van der Waals surface area contributed by atoms with Gasteiger partial charge in [-0.05, 0) is 96.1 Å². The molecule has 38 heavy (non-hydrogen) atoms. The molecule has 3 aromatic rings. The monoisotopic (exact) mass is 672 g/mol. The molecule has 0 atom stereocenters. The van der Waals surface area contributed by atoms with Crippen LogP contribution in [0.3, 0.4) is 0 Å². The van der Waals surface area contributed by atoms with E-state index in [2.05, 4.69) is 10.5 Å². The van der Waals surface area contributed by atoms with E-state index < -0.39 is 16.0 Å². The molecule has 1 amide bonds. The smallest absolute Gasteiger partial charge is 0.339 e. The lowest BCUT2D eigenvalue weighted by Gasteiger charge is -2.13. The van der Waals surface area contributed by atoms with Crippen molar-refractivity contribution in [2.75, 3.05) is 20.3 Å². The van der Waals surface area contributed by atoms with Gasteiger partial charge in [0.15, 0.2) is 23.0 Å². The summed E-state index contributed by atoms with van der Waals surface area (Å²) in [7, 11) is -2.74. The predicted octanol–water partition coefficient (Wildman–Crippen LogP) is 5.67. The summed E-state index contributed by atoms with van der Waals surface area (Å²) in [6.07, 6.45) is 2.25. The maximum atomic E-state index is 12.7. The topological polar surface area (TPSA) is 113 Å². The molecule has 0 radical (unpaired) electrons. The van der Waals surface area contributed by atoms with Crippen LogP contribution < -0.4 is 23.8 Å². The Kier molecular flexibility index (Phi) is 10.6. The number of hydrogen-bond donors (Lipinski definition) is 1. The minimum absolute atomic E-state index is 0.0260. The largest absolute Gasteiger partial charge is 0.493 e. The van der Waals surface area contributed by atoms with Gasteiger partial charge in [-0.25, -0.2) is 5.43 Å². The number of nitrogens with zero attached hydrogens (tertiary/aromatic N) is 1. The molecule has 0 spiro atoms. The van der Waals surface area contributed by atoms with Crippen molar-refractivity contribution in [3.05, 3.63) is 74.3 Å². The van der Waals surface area contributed by atoms with Gasteiger partial charge in [-0.1, -0.05) is 18.5 Å². The Morgan fingerprint density at radius 2 is 1.76 bits per heavy atom. The molecule has 0 saturated heterocycles. The number of amides is 1. The van der Waals surface area contributed by atoms with Gasteiger partial charge in [0.25, 0.3) is 5.91 Å². The second-order valence-corrected chi connectivity index (χ2v) is 10.8. The fourth-order valence-electron chi connectivity index (χ4n) is 3.13. The molecular weight excluding hydrogens is 647 g/mol. The van der Waals surface area contributed by atoms with Gasteiger partial charge in [0.2, 0.25) is 0 Å². The number of benzene rings is 3. The first-order valence-electron chi connectivity index (χ1n) is 11.5. The average molecular weight is 673 g/mol. The molecule has 12 heteroatoms. The SMILES string of the molecule is CCCOc1ccc(C(=O)N/N=C/c2cc(I)c(OS(=O)(=O)c3ccc(Cl)cc3)c(OC)c2)cc1OCC. The number of carbonyl (C=O) groups is 1. The normalized spacial score (nSPS) is 11.3. The minimum atomic E-state index is -4.13. The lowest BCUT2D eigenvalue weighted by molar-refractivity contribution is 0.0954. The number of halogens is 2. The van der Waals surface area contributed by atoms with Crippen LogP contribution in [0.15, 0.2) is 64.6 Å². The Labute approximate surface area is 240 Å². The van der Waals surface area contributed by atoms with Crippen molar-refractivity contribution in [1.29, 1.82) is 0 Å². The fraction of sp³-hybridized carbons (Fsp3) is 0.231. The van der Waals surface area contributed by atoms with Crippen molar-refractivity contribution < 1.29 is 31.6 Å². The van der Waals surface area contributed by atoms with Crippen LogP contribution in [0.1, 0.15) is 36.2 Å². The Morgan fingerprint density at radius 3 is 2.42 bits per heavy atom. The highest BCUT2D eigenvalue weighted by atomic mass is 127. The average Bonchev–Trinajstić information content (AvgIpc) is 2.89. The molecular formula is C26H26ClIN2O7S. The van der Waals surface area contributed by atoms with E-state index >= 15 is 0 Å². The summed E-state index contributed by atoms with van der Waals surface area (Å²) >= 11 is 7.78. The molecule has 0 aliphatic heterocycles. The molecule has 0 fully saturated rings. The summed E-state index contributed by atoms with van der Waals surface area (Å²) in [4.78, 5) is 12.6. The van der Waals surface area contributed by atoms with Crippen LogP contribution in [0.4, 0.5) is 0 Å². The number of nitrogens with one attached hydrogen (secondary N) is 1. The highest BCUT2D eigenvalue weighted by Crippen LogP contribution is 2.36. The van der Waals surface area contributed by atoms with Gasteiger partial charge in [0, 0.05) is 10.6 Å². The molecule has 9 nitrogen and oxygen atoms in total. The number of rotatable bonds is 12. The zero-order valence-corrected chi connectivity index (χ0v) is 24.6. The fourth-order valence-corrected chi connectivity index (χ4v) is 5.10. The third kappa shape index (κ3) is 7.74. The van der Waals surface area contributed by atoms with Crippen LogP contribution in [-0.4, -0.2) is 40.9 Å². The summed E-state index contributed by atoms with van der Waals surface area (Å²) in [5, 5.41) is 4.42. The lowest BCUT2D eigenvalue weighted by Crippen LogP contribution is -2.18. The van der Waals surface area contributed by atoms with Gasteiger partial charge in [-0.2, -0.15) is 13.5 Å². The van der Waals surface area contributed by atoms with E-state index in [1.807, 2.05) is 36.4 Å². The third-order valence-electron chi connectivity index (χ3n) is 4.89. The second-order valence-electron chi connectivity index (χ2n) is 7.67. The minimum Gasteiger partial charge on any atom is -0.493 e. The van der Waals surface area contributed by atoms with Gasteiger partial charge in [0.1, 0.15) is 4.90 Å². The number of hydrogen-bond acceptors (Lipinski definition) is 8. The van der Waals surface area contributed by atoms with Gasteiger partial charge >= 0.3 is 10.1 Å². The van der Waals surface area contributed by atoms with Crippen molar-refractivity contribution in [2.24, 2.45) is 5.10 Å². The Balaban J connectivity index is 1.75. The first-order chi connectivity index (χ1) is 18.2. The quantitative estimate of drug-likeness (QED) is 0.114. The van der Waals surface area contributed by atoms with E-state index in [1.165, 1.54) is 43.7 Å². The summed E-state index contributed by atoms with van der Waals surface area (Å²) in [6, 6.07) is 13.7. The van der Waals surface area contributed by atoms with Crippen molar-refractivity contribution in [3.63, 3.8) is 0 Å². The summed E-state index contributed by atoms with van der Waals surface area (Å²) in [5.41, 5.74) is 3.36. The number of methoxy groups -OCH3 is 1. The molecule has 1 N–H and O–H groups in total. The zero-order chi connectivity index (χ0) is 27.7. The molecule has 202 valence electrons. The van der Waals surface area contributed by atoms with Crippen LogP contribution in [-0.2, 0) is 10.1 Å². The van der Waals surface area contributed by atoms with E-state index in [9.17, 15) is 13.2 Å². The highest BCUT2D eigenvalue weighted by Gasteiger charge is 2.22. The third-order valence-corrected chi connectivity index (χ3v) is 7.18. The maximum Gasteiger partial charge on any atom is 0.339 e. The maximum absolute atomic E-state index is 12.7. The molecule has 3 aromatic carbocycles. The van der Waals surface area contributed by atoms with Crippen molar-refractivity contribution in [1.82, 2.24) is 5.43 Å². The van der Waals surface area contributed by atoms with Gasteiger partial charge < -0.3 is 18.4 Å². The van der Waals surface area contributed by atoms with E-state index in [4.69, 9.17) is 30.0 Å². The van der Waals surface area contributed by atoms with E-state index in [-0.39, 0.29) is 16.4 Å². The molecule has 0 heterocycles. The molecule has 0 bridgehead atoms. The first-order valence-corrected chi connectivity index (χ1v) is 14.4. The van der Waals surface area contributed by atoms with Gasteiger partial charge in [-0.3, -0.25) is 4.79 Å². The zero-order valence-electron chi connectivity index (χ0n) is 20.9. The lowest BCUT2D eigenvalue weighted by atomic mass is 10.2. The molecule has 0 aromatic heterocycles. The Morgan fingerprint density at radius 1 is 1.03 bits per heavy atom. The number of carbonyl (C=O) groups excluding carboxylic acids is 1. The summed E-state index contributed by atoms with van der Waals surface area (Å²) in [5.74, 6) is 0.793. The standard InChI is InChI=1S/C26H26ClIN2O7S/c1-4-12-36-22-11-6-18(15-23(22)35-5-2)26(31)30-29-16-17-13-21(28)25(24(14-17)34-3)37-38(32,33)20-9-7-19(27)8-10-20/h6-11,13-16H,4-5,12H2,1-3H3,(H,30,31)/b29-16+. The van der Waals surface area contributed by atoms with E-state index in [0.29, 0.717) is 44.4 Å². The molecule has 3 rings (SSSR count). The summed E-state index contributed by atoms with van der Waals surface area (Å²) < 4.78 is 47.9. The molecule has 0 saturated carbocycles.